The van der Waals surface area contributed by atoms with Crippen LogP contribution in [0.15, 0.2) is 12.1 Å². The van der Waals surface area contributed by atoms with E-state index in [-0.39, 0.29) is 11.5 Å². The number of hydrogen-bond acceptors (Lipinski definition) is 3. The number of halogens is 3. The highest BCUT2D eigenvalue weighted by Gasteiger charge is 2.36. The van der Waals surface area contributed by atoms with E-state index in [1.165, 1.54) is 6.07 Å². The topological polar surface area (TPSA) is 52.5 Å². The molecule has 0 amide bonds. The number of phenolic OH excluding ortho intramolecular Hbond substituents is 2. The van der Waals surface area contributed by atoms with E-state index in [0.29, 0.717) is 19.0 Å². The van der Waals surface area contributed by atoms with Gasteiger partial charge in [0, 0.05) is 18.0 Å². The Balaban J connectivity index is 2.44. The van der Waals surface area contributed by atoms with Crippen LogP contribution < -0.4 is 5.32 Å². The van der Waals surface area contributed by atoms with Crippen molar-refractivity contribution in [3.8, 4) is 11.5 Å². The molecular formula is C12H14F3NO2. The average Bonchev–Trinajstić information content (AvgIpc) is 2.31. The van der Waals surface area contributed by atoms with Gasteiger partial charge in [0.15, 0.2) is 0 Å². The van der Waals surface area contributed by atoms with Crippen molar-refractivity contribution in [2.24, 2.45) is 0 Å². The van der Waals surface area contributed by atoms with Crippen molar-refractivity contribution in [2.75, 3.05) is 13.1 Å². The molecule has 0 aliphatic carbocycles. The smallest absolute Gasteiger partial charge is 0.420 e. The number of piperidine rings is 1. The summed E-state index contributed by atoms with van der Waals surface area (Å²) in [4.78, 5) is 0. The molecule has 0 radical (unpaired) electrons. The molecule has 0 aromatic heterocycles. The molecule has 1 aliphatic rings. The van der Waals surface area contributed by atoms with E-state index in [1.807, 2.05) is 0 Å². The molecule has 1 unspecified atom stereocenters. The molecule has 2 rings (SSSR count). The maximum Gasteiger partial charge on any atom is 0.420 e. The van der Waals surface area contributed by atoms with Gasteiger partial charge in [0.2, 0.25) is 0 Å². The summed E-state index contributed by atoms with van der Waals surface area (Å²) in [6.45, 7) is 1.33. The lowest BCUT2D eigenvalue weighted by Crippen LogP contribution is -2.28. The minimum absolute atomic E-state index is 0.162. The summed E-state index contributed by atoms with van der Waals surface area (Å²) in [5, 5.41) is 22.2. The van der Waals surface area contributed by atoms with Gasteiger partial charge in [0.05, 0.1) is 0 Å². The summed E-state index contributed by atoms with van der Waals surface area (Å²) in [5.74, 6) is -1.44. The molecule has 1 aliphatic heterocycles. The highest BCUT2D eigenvalue weighted by atomic mass is 19.4. The van der Waals surface area contributed by atoms with Crippen molar-refractivity contribution in [1.82, 2.24) is 5.32 Å². The zero-order chi connectivity index (χ0) is 13.3. The number of nitrogens with one attached hydrogen (secondary N) is 1. The molecule has 3 N–H and O–H groups in total. The summed E-state index contributed by atoms with van der Waals surface area (Å²) >= 11 is 0. The van der Waals surface area contributed by atoms with Crippen LogP contribution in [0, 0.1) is 0 Å². The van der Waals surface area contributed by atoms with Gasteiger partial charge in [0.25, 0.3) is 0 Å². The van der Waals surface area contributed by atoms with E-state index in [4.69, 9.17) is 0 Å². The highest BCUT2D eigenvalue weighted by molar-refractivity contribution is 5.49. The summed E-state index contributed by atoms with van der Waals surface area (Å²) in [6, 6.07) is 1.76. The lowest BCUT2D eigenvalue weighted by Gasteiger charge is -2.25. The van der Waals surface area contributed by atoms with Crippen LogP contribution in [0.5, 0.6) is 11.5 Å². The molecule has 0 spiro atoms. The molecule has 100 valence electrons. The molecular weight excluding hydrogens is 247 g/mol. The van der Waals surface area contributed by atoms with Crippen molar-refractivity contribution in [2.45, 2.75) is 24.9 Å². The van der Waals surface area contributed by atoms with Gasteiger partial charge in [-0.1, -0.05) is 0 Å². The van der Waals surface area contributed by atoms with Crippen LogP contribution in [-0.4, -0.2) is 23.3 Å². The lowest BCUT2D eigenvalue weighted by molar-refractivity contribution is -0.139. The monoisotopic (exact) mass is 261 g/mol. The molecule has 3 nitrogen and oxygen atoms in total. The summed E-state index contributed by atoms with van der Waals surface area (Å²) in [5.41, 5.74) is -1.02. The van der Waals surface area contributed by atoms with Gasteiger partial charge in [-0.15, -0.1) is 0 Å². The second-order valence-corrected chi connectivity index (χ2v) is 4.47. The zero-order valence-electron chi connectivity index (χ0n) is 9.59. The Bertz CT molecular complexity index is 440. The fourth-order valence-electron chi connectivity index (χ4n) is 2.29. The standard InChI is InChI=1S/C12H14F3NO2/c13-12(14,15)10-5-8(17)4-9(11(10)18)7-2-1-3-16-6-7/h4-5,7,16-18H,1-3,6H2. The van der Waals surface area contributed by atoms with Gasteiger partial charge in [-0.2, -0.15) is 13.2 Å². The van der Waals surface area contributed by atoms with E-state index in [0.717, 1.165) is 13.0 Å². The van der Waals surface area contributed by atoms with Crippen LogP contribution in [0.4, 0.5) is 13.2 Å². The van der Waals surface area contributed by atoms with Crippen molar-refractivity contribution >= 4 is 0 Å². The molecule has 0 saturated carbocycles. The fourth-order valence-corrected chi connectivity index (χ4v) is 2.29. The summed E-state index contributed by atoms with van der Waals surface area (Å²) in [7, 11) is 0. The maximum atomic E-state index is 12.7. The van der Waals surface area contributed by atoms with E-state index < -0.39 is 23.2 Å². The molecule has 1 fully saturated rings. The van der Waals surface area contributed by atoms with E-state index in [9.17, 15) is 23.4 Å². The third-order valence-corrected chi connectivity index (χ3v) is 3.17. The number of aromatic hydroxyl groups is 2. The van der Waals surface area contributed by atoms with E-state index >= 15 is 0 Å². The largest absolute Gasteiger partial charge is 0.508 e. The Kier molecular flexibility index (Phi) is 3.38. The van der Waals surface area contributed by atoms with Crippen molar-refractivity contribution in [3.63, 3.8) is 0 Å². The molecule has 0 bridgehead atoms. The Morgan fingerprint density at radius 3 is 2.50 bits per heavy atom. The van der Waals surface area contributed by atoms with Gasteiger partial charge in [-0.05, 0) is 31.5 Å². The van der Waals surface area contributed by atoms with Crippen LogP contribution in [-0.2, 0) is 6.18 Å². The first-order valence-electron chi connectivity index (χ1n) is 5.73. The first-order valence-corrected chi connectivity index (χ1v) is 5.73. The Morgan fingerprint density at radius 1 is 1.22 bits per heavy atom. The molecule has 1 saturated heterocycles. The van der Waals surface area contributed by atoms with E-state index in [2.05, 4.69) is 5.32 Å². The van der Waals surface area contributed by atoms with Crippen LogP contribution in [0.25, 0.3) is 0 Å². The molecule has 1 atom stereocenters. The molecule has 1 heterocycles. The normalized spacial score (nSPS) is 20.9. The lowest BCUT2D eigenvalue weighted by atomic mass is 9.89. The Labute approximate surface area is 102 Å². The fraction of sp³-hybridized carbons (Fsp3) is 0.500. The van der Waals surface area contributed by atoms with Gasteiger partial charge in [-0.3, -0.25) is 0 Å². The maximum absolute atomic E-state index is 12.7. The minimum atomic E-state index is -4.67. The molecule has 18 heavy (non-hydrogen) atoms. The van der Waals surface area contributed by atoms with Gasteiger partial charge < -0.3 is 15.5 Å². The first-order chi connectivity index (χ1) is 8.39. The average molecular weight is 261 g/mol. The quantitative estimate of drug-likeness (QED) is 0.681. The zero-order valence-corrected chi connectivity index (χ0v) is 9.59. The minimum Gasteiger partial charge on any atom is -0.508 e. The van der Waals surface area contributed by atoms with Gasteiger partial charge in [0.1, 0.15) is 17.1 Å². The Morgan fingerprint density at radius 2 is 1.94 bits per heavy atom. The first kappa shape index (κ1) is 13.0. The molecule has 1 aromatic rings. The van der Waals surface area contributed by atoms with Crippen LogP contribution in [0.2, 0.25) is 0 Å². The Hall–Kier alpha value is -1.43. The number of rotatable bonds is 1. The number of hydrogen-bond donors (Lipinski definition) is 3. The molecule has 1 aromatic carbocycles. The predicted octanol–water partition coefficient (Wildman–Crippen LogP) is 2.58. The summed E-state index contributed by atoms with van der Waals surface area (Å²) in [6.07, 6.45) is -3.14. The third-order valence-electron chi connectivity index (χ3n) is 3.17. The van der Waals surface area contributed by atoms with Crippen molar-refractivity contribution in [3.05, 3.63) is 23.3 Å². The SMILES string of the molecule is Oc1cc(C2CCCNC2)c(O)c(C(F)(F)F)c1. The van der Waals surface area contributed by atoms with Crippen molar-refractivity contribution < 1.29 is 23.4 Å². The van der Waals surface area contributed by atoms with Crippen molar-refractivity contribution in [1.29, 1.82) is 0 Å². The van der Waals surface area contributed by atoms with Crippen LogP contribution in [0.1, 0.15) is 29.9 Å². The van der Waals surface area contributed by atoms with Gasteiger partial charge >= 0.3 is 6.18 Å². The number of benzene rings is 1. The highest BCUT2D eigenvalue weighted by Crippen LogP contribution is 2.43. The second-order valence-electron chi connectivity index (χ2n) is 4.47. The number of alkyl halides is 3. The van der Waals surface area contributed by atoms with Crippen LogP contribution >= 0.6 is 0 Å². The molecule has 6 heteroatoms. The van der Waals surface area contributed by atoms with Gasteiger partial charge in [-0.25, -0.2) is 0 Å². The number of phenols is 2. The second kappa shape index (κ2) is 4.68. The van der Waals surface area contributed by atoms with E-state index in [1.54, 1.807) is 0 Å². The summed E-state index contributed by atoms with van der Waals surface area (Å²) < 4.78 is 38.1. The van der Waals surface area contributed by atoms with Crippen LogP contribution in [0.3, 0.4) is 0 Å². The predicted molar refractivity (Wildman–Crippen MR) is 59.6 cm³/mol. The third kappa shape index (κ3) is 2.53.